The van der Waals surface area contributed by atoms with Gasteiger partial charge in [-0.1, -0.05) is 17.7 Å². The van der Waals surface area contributed by atoms with Gasteiger partial charge < -0.3 is 10.6 Å². The highest BCUT2D eigenvalue weighted by atomic mass is 32.1. The number of hydrogen-bond acceptors (Lipinski definition) is 4. The summed E-state index contributed by atoms with van der Waals surface area (Å²) < 4.78 is 0. The van der Waals surface area contributed by atoms with Crippen LogP contribution in [0.25, 0.3) is 0 Å². The molecule has 2 N–H and O–H groups in total. The van der Waals surface area contributed by atoms with Gasteiger partial charge in [0.2, 0.25) is 0 Å². The largest absolute Gasteiger partial charge is 0.375 e. The third kappa shape index (κ3) is 2.52. The van der Waals surface area contributed by atoms with Crippen LogP contribution in [0.4, 0.5) is 10.8 Å². The van der Waals surface area contributed by atoms with E-state index in [4.69, 9.17) is 5.73 Å². The number of nitrogens with zero attached hydrogens (tertiary/aromatic N) is 2. The lowest BCUT2D eigenvalue weighted by atomic mass is 10.2. The summed E-state index contributed by atoms with van der Waals surface area (Å²) >= 11 is 1.48. The van der Waals surface area contributed by atoms with Crippen molar-refractivity contribution < 1.29 is 0 Å². The van der Waals surface area contributed by atoms with Crippen LogP contribution < -0.4 is 10.6 Å². The summed E-state index contributed by atoms with van der Waals surface area (Å²) in [5.74, 6) is 0. The summed E-state index contributed by atoms with van der Waals surface area (Å²) in [6.07, 6.45) is 0. The average molecular weight is 233 g/mol. The SMILES string of the molecule is Cc1ccc(N(C)Cc2csc(N)n2)cc1. The third-order valence-electron chi connectivity index (χ3n) is 2.44. The highest BCUT2D eigenvalue weighted by Crippen LogP contribution is 2.18. The van der Waals surface area contributed by atoms with Gasteiger partial charge in [-0.2, -0.15) is 0 Å². The monoisotopic (exact) mass is 233 g/mol. The number of anilines is 2. The molecule has 0 atom stereocenters. The van der Waals surface area contributed by atoms with E-state index in [0.717, 1.165) is 12.2 Å². The molecule has 0 aliphatic heterocycles. The van der Waals surface area contributed by atoms with E-state index >= 15 is 0 Å². The second kappa shape index (κ2) is 4.53. The summed E-state index contributed by atoms with van der Waals surface area (Å²) in [4.78, 5) is 6.41. The predicted molar refractivity (Wildman–Crippen MR) is 69.8 cm³/mol. The number of rotatable bonds is 3. The molecule has 3 nitrogen and oxygen atoms in total. The second-order valence-corrected chi connectivity index (χ2v) is 4.76. The Balaban J connectivity index is 2.08. The Labute approximate surface area is 99.5 Å². The van der Waals surface area contributed by atoms with Crippen molar-refractivity contribution in [2.24, 2.45) is 0 Å². The second-order valence-electron chi connectivity index (χ2n) is 3.87. The topological polar surface area (TPSA) is 42.1 Å². The summed E-state index contributed by atoms with van der Waals surface area (Å²) in [6.45, 7) is 2.88. The summed E-state index contributed by atoms with van der Waals surface area (Å²) in [5.41, 5.74) is 9.09. The maximum atomic E-state index is 5.60. The van der Waals surface area contributed by atoms with Crippen molar-refractivity contribution in [3.8, 4) is 0 Å². The molecule has 0 fully saturated rings. The normalized spacial score (nSPS) is 10.4. The smallest absolute Gasteiger partial charge is 0.180 e. The molecule has 0 bridgehead atoms. The van der Waals surface area contributed by atoms with Gasteiger partial charge in [-0.05, 0) is 19.1 Å². The van der Waals surface area contributed by atoms with Crippen molar-refractivity contribution >= 4 is 22.2 Å². The van der Waals surface area contributed by atoms with Crippen LogP contribution in [0.15, 0.2) is 29.6 Å². The molecule has 1 aromatic heterocycles. The molecule has 4 heteroatoms. The van der Waals surface area contributed by atoms with Crippen LogP contribution >= 0.6 is 11.3 Å². The third-order valence-corrected chi connectivity index (χ3v) is 3.17. The fourth-order valence-corrected chi connectivity index (χ4v) is 2.08. The molecule has 0 saturated heterocycles. The minimum atomic E-state index is 0.632. The zero-order valence-corrected chi connectivity index (χ0v) is 10.3. The standard InChI is InChI=1S/C12H15N3S/c1-9-3-5-11(6-4-9)15(2)7-10-8-16-12(13)14-10/h3-6,8H,7H2,1-2H3,(H2,13,14). The number of thiazole rings is 1. The molecule has 0 radical (unpaired) electrons. The Morgan fingerprint density at radius 3 is 2.56 bits per heavy atom. The van der Waals surface area contributed by atoms with E-state index in [1.807, 2.05) is 5.38 Å². The minimum Gasteiger partial charge on any atom is -0.375 e. The number of nitrogen functional groups attached to an aromatic ring is 1. The van der Waals surface area contributed by atoms with E-state index in [9.17, 15) is 0 Å². The zero-order chi connectivity index (χ0) is 11.5. The molecule has 1 heterocycles. The number of hydrogen-bond donors (Lipinski definition) is 1. The molecule has 0 unspecified atom stereocenters. The molecule has 2 rings (SSSR count). The Morgan fingerprint density at radius 1 is 1.31 bits per heavy atom. The summed E-state index contributed by atoms with van der Waals surface area (Å²) in [6, 6.07) is 8.46. The minimum absolute atomic E-state index is 0.632. The molecule has 2 aromatic rings. The van der Waals surface area contributed by atoms with Crippen LogP contribution in [0.1, 0.15) is 11.3 Å². The number of aromatic nitrogens is 1. The Bertz CT molecular complexity index is 461. The van der Waals surface area contributed by atoms with Crippen LogP contribution in [0.3, 0.4) is 0 Å². The van der Waals surface area contributed by atoms with E-state index < -0.39 is 0 Å². The first-order valence-electron chi connectivity index (χ1n) is 5.13. The van der Waals surface area contributed by atoms with Gasteiger partial charge in [-0.25, -0.2) is 4.98 Å². The average Bonchev–Trinajstić information content (AvgIpc) is 2.65. The van der Waals surface area contributed by atoms with Gasteiger partial charge in [0.15, 0.2) is 5.13 Å². The van der Waals surface area contributed by atoms with Crippen molar-refractivity contribution in [2.45, 2.75) is 13.5 Å². The lowest BCUT2D eigenvalue weighted by molar-refractivity contribution is 0.896. The van der Waals surface area contributed by atoms with Crippen molar-refractivity contribution in [1.29, 1.82) is 0 Å². The van der Waals surface area contributed by atoms with E-state index in [1.165, 1.54) is 22.6 Å². The van der Waals surface area contributed by atoms with Crippen LogP contribution in [0, 0.1) is 6.92 Å². The molecule has 1 aromatic carbocycles. The molecular weight excluding hydrogens is 218 g/mol. The molecule has 0 aliphatic carbocycles. The van der Waals surface area contributed by atoms with E-state index in [0.29, 0.717) is 5.13 Å². The first-order valence-corrected chi connectivity index (χ1v) is 6.01. The van der Waals surface area contributed by atoms with E-state index in [2.05, 4.69) is 48.1 Å². The van der Waals surface area contributed by atoms with Gasteiger partial charge in [-0.3, -0.25) is 0 Å². The van der Waals surface area contributed by atoms with Crippen LogP contribution in [0.2, 0.25) is 0 Å². The van der Waals surface area contributed by atoms with E-state index in [-0.39, 0.29) is 0 Å². The molecule has 0 aliphatic rings. The first-order chi connectivity index (χ1) is 7.65. The maximum Gasteiger partial charge on any atom is 0.180 e. The maximum absolute atomic E-state index is 5.60. The van der Waals surface area contributed by atoms with Crippen molar-refractivity contribution in [3.05, 3.63) is 40.9 Å². The molecule has 84 valence electrons. The van der Waals surface area contributed by atoms with Crippen molar-refractivity contribution in [1.82, 2.24) is 4.98 Å². The van der Waals surface area contributed by atoms with Crippen LogP contribution in [-0.4, -0.2) is 12.0 Å². The van der Waals surface area contributed by atoms with Gasteiger partial charge in [0.25, 0.3) is 0 Å². The Morgan fingerprint density at radius 2 is 2.00 bits per heavy atom. The fourth-order valence-electron chi connectivity index (χ4n) is 1.53. The van der Waals surface area contributed by atoms with E-state index in [1.54, 1.807) is 0 Å². The van der Waals surface area contributed by atoms with Crippen molar-refractivity contribution in [3.63, 3.8) is 0 Å². The fraction of sp³-hybridized carbons (Fsp3) is 0.250. The molecule has 0 saturated carbocycles. The Hall–Kier alpha value is -1.55. The lowest BCUT2D eigenvalue weighted by Crippen LogP contribution is -2.16. The van der Waals surface area contributed by atoms with Gasteiger partial charge in [-0.15, -0.1) is 11.3 Å². The highest BCUT2D eigenvalue weighted by Gasteiger charge is 2.04. The predicted octanol–water partition coefficient (Wildman–Crippen LogP) is 2.67. The zero-order valence-electron chi connectivity index (χ0n) is 9.47. The van der Waals surface area contributed by atoms with Gasteiger partial charge >= 0.3 is 0 Å². The van der Waals surface area contributed by atoms with Gasteiger partial charge in [0, 0.05) is 18.1 Å². The highest BCUT2D eigenvalue weighted by molar-refractivity contribution is 7.13. The number of aryl methyl sites for hydroxylation is 1. The molecule has 0 amide bonds. The van der Waals surface area contributed by atoms with Gasteiger partial charge in [0.1, 0.15) is 0 Å². The number of benzene rings is 1. The number of nitrogens with two attached hydrogens (primary N) is 1. The molecule has 16 heavy (non-hydrogen) atoms. The van der Waals surface area contributed by atoms with Crippen LogP contribution in [-0.2, 0) is 6.54 Å². The van der Waals surface area contributed by atoms with Gasteiger partial charge in [0.05, 0.1) is 12.2 Å². The summed E-state index contributed by atoms with van der Waals surface area (Å²) in [5, 5.41) is 2.63. The summed E-state index contributed by atoms with van der Waals surface area (Å²) in [7, 11) is 2.06. The first kappa shape index (κ1) is 11.0. The molecular formula is C12H15N3S. The lowest BCUT2D eigenvalue weighted by Gasteiger charge is -2.18. The van der Waals surface area contributed by atoms with Crippen molar-refractivity contribution in [2.75, 3.05) is 17.7 Å². The molecule has 0 spiro atoms. The van der Waals surface area contributed by atoms with Crippen LogP contribution in [0.5, 0.6) is 0 Å². The quantitative estimate of drug-likeness (QED) is 0.886. The Kier molecular flexibility index (Phi) is 3.10.